The third-order valence-corrected chi connectivity index (χ3v) is 4.32. The van der Waals surface area contributed by atoms with Crippen LogP contribution in [0.3, 0.4) is 0 Å². The number of anilines is 1. The molecule has 2 aliphatic rings. The highest BCUT2D eigenvalue weighted by Gasteiger charge is 2.24. The Bertz CT molecular complexity index is 674. The molecule has 21 heavy (non-hydrogen) atoms. The SMILES string of the molecule is CC1OCCC1CNc1nccc2cc3c(cc12)OCO3. The molecular formula is C16H18N2O3. The Morgan fingerprint density at radius 3 is 2.95 bits per heavy atom. The number of ether oxygens (including phenoxy) is 3. The maximum atomic E-state index is 5.60. The molecule has 0 amide bonds. The average Bonchev–Trinajstić information content (AvgIpc) is 3.11. The molecule has 2 atom stereocenters. The first-order valence-electron chi connectivity index (χ1n) is 7.35. The van der Waals surface area contributed by atoms with Crippen LogP contribution in [-0.4, -0.2) is 31.0 Å². The third-order valence-electron chi connectivity index (χ3n) is 4.32. The van der Waals surface area contributed by atoms with E-state index in [2.05, 4.69) is 17.2 Å². The van der Waals surface area contributed by atoms with Gasteiger partial charge >= 0.3 is 0 Å². The Kier molecular flexibility index (Phi) is 3.07. The summed E-state index contributed by atoms with van der Waals surface area (Å²) in [5.74, 6) is 3.02. The molecule has 4 rings (SSSR count). The van der Waals surface area contributed by atoms with E-state index in [1.54, 1.807) is 0 Å². The maximum absolute atomic E-state index is 5.60. The number of nitrogens with one attached hydrogen (secondary N) is 1. The van der Waals surface area contributed by atoms with Crippen molar-refractivity contribution >= 4 is 16.6 Å². The van der Waals surface area contributed by atoms with Gasteiger partial charge in [0.05, 0.1) is 6.10 Å². The molecule has 5 nitrogen and oxygen atoms in total. The van der Waals surface area contributed by atoms with Gasteiger partial charge in [0.2, 0.25) is 6.79 Å². The van der Waals surface area contributed by atoms with Gasteiger partial charge in [0, 0.05) is 30.7 Å². The molecule has 110 valence electrons. The van der Waals surface area contributed by atoms with Crippen molar-refractivity contribution in [1.82, 2.24) is 4.98 Å². The second-order valence-electron chi connectivity index (χ2n) is 5.59. The summed E-state index contributed by atoms with van der Waals surface area (Å²) in [5.41, 5.74) is 0. The van der Waals surface area contributed by atoms with E-state index in [0.29, 0.717) is 18.8 Å². The van der Waals surface area contributed by atoms with E-state index in [1.807, 2.05) is 24.4 Å². The highest BCUT2D eigenvalue weighted by atomic mass is 16.7. The lowest BCUT2D eigenvalue weighted by Crippen LogP contribution is -2.21. The molecule has 2 aromatic rings. The predicted molar refractivity (Wildman–Crippen MR) is 79.9 cm³/mol. The Morgan fingerprint density at radius 2 is 2.14 bits per heavy atom. The lowest BCUT2D eigenvalue weighted by Gasteiger charge is -2.16. The summed E-state index contributed by atoms with van der Waals surface area (Å²) in [6, 6.07) is 6.00. The molecule has 1 N–H and O–H groups in total. The molecule has 1 fully saturated rings. The summed E-state index contributed by atoms with van der Waals surface area (Å²) in [7, 11) is 0. The molecule has 0 bridgehead atoms. The lowest BCUT2D eigenvalue weighted by atomic mass is 10.0. The van der Waals surface area contributed by atoms with Gasteiger partial charge in [-0.3, -0.25) is 0 Å². The van der Waals surface area contributed by atoms with Crippen molar-refractivity contribution in [2.45, 2.75) is 19.4 Å². The van der Waals surface area contributed by atoms with Crippen LogP contribution in [0.1, 0.15) is 13.3 Å². The predicted octanol–water partition coefficient (Wildman–Crippen LogP) is 2.80. The zero-order chi connectivity index (χ0) is 14.2. The first kappa shape index (κ1) is 12.7. The minimum atomic E-state index is 0.290. The van der Waals surface area contributed by atoms with E-state index < -0.39 is 0 Å². The standard InChI is InChI=1S/C16H18N2O3/c1-10-12(3-5-19-10)8-18-16-13-7-15-14(20-9-21-15)6-11(13)2-4-17-16/h2,4,6-7,10,12H,3,5,8-9H2,1H3,(H,17,18). The zero-order valence-corrected chi connectivity index (χ0v) is 12.0. The number of fused-ring (bicyclic) bond motifs is 2. The van der Waals surface area contributed by atoms with Gasteiger partial charge in [-0.25, -0.2) is 4.98 Å². The van der Waals surface area contributed by atoms with Gasteiger partial charge in [0.15, 0.2) is 11.5 Å². The molecule has 0 aliphatic carbocycles. The molecule has 3 heterocycles. The summed E-state index contributed by atoms with van der Waals surface area (Å²) >= 11 is 0. The van der Waals surface area contributed by atoms with Crippen molar-refractivity contribution in [3.05, 3.63) is 24.4 Å². The summed E-state index contributed by atoms with van der Waals surface area (Å²) < 4.78 is 16.5. The number of hydrogen-bond acceptors (Lipinski definition) is 5. The highest BCUT2D eigenvalue weighted by molar-refractivity contribution is 5.94. The number of aromatic nitrogens is 1. The minimum Gasteiger partial charge on any atom is -0.454 e. The van der Waals surface area contributed by atoms with Gasteiger partial charge < -0.3 is 19.5 Å². The molecular weight excluding hydrogens is 268 g/mol. The van der Waals surface area contributed by atoms with E-state index in [-0.39, 0.29) is 0 Å². The van der Waals surface area contributed by atoms with Crippen molar-refractivity contribution < 1.29 is 14.2 Å². The van der Waals surface area contributed by atoms with E-state index in [1.165, 1.54) is 0 Å². The Balaban J connectivity index is 1.62. The van der Waals surface area contributed by atoms with Crippen molar-refractivity contribution in [3.8, 4) is 11.5 Å². The fourth-order valence-electron chi connectivity index (χ4n) is 2.98. The van der Waals surface area contributed by atoms with Crippen molar-refractivity contribution in [3.63, 3.8) is 0 Å². The number of rotatable bonds is 3. The normalized spacial score (nSPS) is 23.7. The van der Waals surface area contributed by atoms with Crippen molar-refractivity contribution in [1.29, 1.82) is 0 Å². The van der Waals surface area contributed by atoms with E-state index in [0.717, 1.165) is 47.7 Å². The number of benzene rings is 1. The highest BCUT2D eigenvalue weighted by Crippen LogP contribution is 2.37. The molecule has 5 heteroatoms. The Labute approximate surface area is 123 Å². The second kappa shape index (κ2) is 5.07. The van der Waals surface area contributed by atoms with Gasteiger partial charge in [-0.1, -0.05) is 0 Å². The molecule has 1 aromatic heterocycles. The summed E-state index contributed by atoms with van der Waals surface area (Å²) in [6.07, 6.45) is 3.24. The largest absolute Gasteiger partial charge is 0.454 e. The first-order valence-corrected chi connectivity index (χ1v) is 7.35. The zero-order valence-electron chi connectivity index (χ0n) is 12.0. The maximum Gasteiger partial charge on any atom is 0.231 e. The Morgan fingerprint density at radius 1 is 1.29 bits per heavy atom. The molecule has 2 unspecified atom stereocenters. The number of hydrogen-bond donors (Lipinski definition) is 1. The van der Waals surface area contributed by atoms with Crippen LogP contribution >= 0.6 is 0 Å². The van der Waals surface area contributed by atoms with Gasteiger partial charge in [-0.15, -0.1) is 0 Å². The monoisotopic (exact) mass is 286 g/mol. The van der Waals surface area contributed by atoms with Gasteiger partial charge in [-0.05, 0) is 36.9 Å². The first-order chi connectivity index (χ1) is 10.3. The Hall–Kier alpha value is -2.01. The van der Waals surface area contributed by atoms with E-state index in [4.69, 9.17) is 14.2 Å². The van der Waals surface area contributed by atoms with Gasteiger partial charge in [0.25, 0.3) is 0 Å². The fraction of sp³-hybridized carbons (Fsp3) is 0.438. The van der Waals surface area contributed by atoms with Crippen LogP contribution in [0.4, 0.5) is 5.82 Å². The van der Waals surface area contributed by atoms with Crippen molar-refractivity contribution in [2.24, 2.45) is 5.92 Å². The summed E-state index contributed by atoms with van der Waals surface area (Å²) in [5, 5.41) is 5.63. The average molecular weight is 286 g/mol. The van der Waals surface area contributed by atoms with Crippen LogP contribution < -0.4 is 14.8 Å². The topological polar surface area (TPSA) is 52.6 Å². The van der Waals surface area contributed by atoms with Crippen LogP contribution in [0.5, 0.6) is 11.5 Å². The van der Waals surface area contributed by atoms with Crippen LogP contribution in [0.2, 0.25) is 0 Å². The van der Waals surface area contributed by atoms with Crippen LogP contribution in [-0.2, 0) is 4.74 Å². The van der Waals surface area contributed by atoms with Crippen LogP contribution in [0.25, 0.3) is 10.8 Å². The smallest absolute Gasteiger partial charge is 0.231 e. The van der Waals surface area contributed by atoms with Crippen molar-refractivity contribution in [2.75, 3.05) is 25.3 Å². The summed E-state index contributed by atoms with van der Waals surface area (Å²) in [4.78, 5) is 4.47. The number of pyridine rings is 1. The van der Waals surface area contributed by atoms with Crippen LogP contribution in [0, 0.1) is 5.92 Å². The minimum absolute atomic E-state index is 0.290. The molecule has 2 aliphatic heterocycles. The van der Waals surface area contributed by atoms with E-state index >= 15 is 0 Å². The van der Waals surface area contributed by atoms with Crippen LogP contribution in [0.15, 0.2) is 24.4 Å². The summed E-state index contributed by atoms with van der Waals surface area (Å²) in [6.45, 7) is 4.16. The van der Waals surface area contributed by atoms with Gasteiger partial charge in [-0.2, -0.15) is 0 Å². The third kappa shape index (κ3) is 2.27. The molecule has 0 radical (unpaired) electrons. The second-order valence-corrected chi connectivity index (χ2v) is 5.59. The lowest BCUT2D eigenvalue weighted by molar-refractivity contribution is 0.108. The van der Waals surface area contributed by atoms with Gasteiger partial charge in [0.1, 0.15) is 5.82 Å². The molecule has 1 saturated heterocycles. The van der Waals surface area contributed by atoms with E-state index in [9.17, 15) is 0 Å². The number of nitrogens with zero attached hydrogens (tertiary/aromatic N) is 1. The molecule has 0 saturated carbocycles. The molecule has 0 spiro atoms. The quantitative estimate of drug-likeness (QED) is 0.940. The molecule has 1 aromatic carbocycles. The fourth-order valence-corrected chi connectivity index (χ4v) is 2.98.